The van der Waals surface area contributed by atoms with Crippen molar-refractivity contribution < 1.29 is 4.79 Å². The Morgan fingerprint density at radius 2 is 2.04 bits per heavy atom. The van der Waals surface area contributed by atoms with Crippen LogP contribution >= 0.6 is 11.8 Å². The zero-order valence-electron chi connectivity index (χ0n) is 14.6. The highest BCUT2D eigenvalue weighted by Gasteiger charge is 2.28. The lowest BCUT2D eigenvalue weighted by molar-refractivity contribution is 0.0703. The first-order chi connectivity index (χ1) is 11.6. The number of hydrogen-bond donors (Lipinski definition) is 0. The lowest BCUT2D eigenvalue weighted by atomic mass is 9.96. The van der Waals surface area contributed by atoms with E-state index in [9.17, 15) is 4.79 Å². The third-order valence-corrected chi connectivity index (χ3v) is 5.41. The van der Waals surface area contributed by atoms with Gasteiger partial charge in [0.25, 0.3) is 5.91 Å². The molecule has 0 spiro atoms. The highest BCUT2D eigenvalue weighted by atomic mass is 32.2. The summed E-state index contributed by atoms with van der Waals surface area (Å²) in [6, 6.07) is 8.31. The third kappa shape index (κ3) is 3.51. The maximum absolute atomic E-state index is 12.8. The molecule has 128 valence electrons. The fourth-order valence-electron chi connectivity index (χ4n) is 3.37. The van der Waals surface area contributed by atoms with E-state index in [1.54, 1.807) is 11.8 Å². The molecule has 1 aromatic heterocycles. The lowest BCUT2D eigenvalue weighted by Crippen LogP contribution is -2.39. The molecule has 0 unspecified atom stereocenters. The Labute approximate surface area is 148 Å². The molecule has 1 saturated heterocycles. The maximum Gasteiger partial charge on any atom is 0.253 e. The van der Waals surface area contributed by atoms with Crippen LogP contribution < -0.4 is 0 Å². The van der Waals surface area contributed by atoms with Crippen molar-refractivity contribution in [3.8, 4) is 0 Å². The predicted octanol–water partition coefficient (Wildman–Crippen LogP) is 4.21. The van der Waals surface area contributed by atoms with Crippen LogP contribution in [0, 0.1) is 0 Å². The maximum atomic E-state index is 12.8. The average Bonchev–Trinajstić information content (AvgIpc) is 3.11. The van der Waals surface area contributed by atoms with Crippen LogP contribution in [0.1, 0.15) is 54.8 Å². The van der Waals surface area contributed by atoms with E-state index in [4.69, 9.17) is 0 Å². The Kier molecular flexibility index (Phi) is 5.29. The van der Waals surface area contributed by atoms with E-state index in [1.165, 1.54) is 4.90 Å². The number of aromatic nitrogens is 2. The SMILES string of the molecule is CSc1ccc(C(=O)N2CCC[C@@H](c3nccn3C(C)C)C2)cc1. The Morgan fingerprint density at radius 3 is 2.71 bits per heavy atom. The highest BCUT2D eigenvalue weighted by Crippen LogP contribution is 2.28. The molecule has 0 saturated carbocycles. The van der Waals surface area contributed by atoms with Crippen molar-refractivity contribution >= 4 is 17.7 Å². The highest BCUT2D eigenvalue weighted by molar-refractivity contribution is 7.98. The molecule has 1 amide bonds. The van der Waals surface area contributed by atoms with Crippen molar-refractivity contribution in [1.29, 1.82) is 0 Å². The summed E-state index contributed by atoms with van der Waals surface area (Å²) in [4.78, 5) is 20.6. The first-order valence-corrected chi connectivity index (χ1v) is 9.78. The van der Waals surface area contributed by atoms with Crippen molar-refractivity contribution in [3.05, 3.63) is 48.0 Å². The summed E-state index contributed by atoms with van der Waals surface area (Å²) in [5.74, 6) is 1.57. The summed E-state index contributed by atoms with van der Waals surface area (Å²) >= 11 is 1.69. The van der Waals surface area contributed by atoms with Crippen LogP contribution in [0.15, 0.2) is 41.6 Å². The van der Waals surface area contributed by atoms with Gasteiger partial charge in [0, 0.05) is 47.9 Å². The third-order valence-electron chi connectivity index (χ3n) is 4.67. The zero-order valence-corrected chi connectivity index (χ0v) is 15.4. The van der Waals surface area contributed by atoms with Crippen LogP contribution in [0.2, 0.25) is 0 Å². The minimum Gasteiger partial charge on any atom is -0.338 e. The molecule has 2 heterocycles. The van der Waals surface area contributed by atoms with Crippen LogP contribution in [0.3, 0.4) is 0 Å². The molecule has 1 aromatic carbocycles. The Balaban J connectivity index is 1.75. The molecule has 2 aromatic rings. The Morgan fingerprint density at radius 1 is 1.29 bits per heavy atom. The van der Waals surface area contributed by atoms with E-state index in [0.29, 0.717) is 12.0 Å². The van der Waals surface area contributed by atoms with Gasteiger partial charge in [0.05, 0.1) is 0 Å². The topological polar surface area (TPSA) is 38.1 Å². The van der Waals surface area contributed by atoms with Crippen molar-refractivity contribution in [3.63, 3.8) is 0 Å². The fraction of sp³-hybridized carbons (Fsp3) is 0.474. The number of rotatable bonds is 4. The molecule has 0 bridgehead atoms. The van der Waals surface area contributed by atoms with E-state index in [2.05, 4.69) is 23.4 Å². The molecule has 0 aliphatic carbocycles. The molecular weight excluding hydrogens is 318 g/mol. The lowest BCUT2D eigenvalue weighted by Gasteiger charge is -2.33. The van der Waals surface area contributed by atoms with Gasteiger partial charge in [-0.1, -0.05) is 0 Å². The quantitative estimate of drug-likeness (QED) is 0.781. The molecule has 24 heavy (non-hydrogen) atoms. The van der Waals surface area contributed by atoms with E-state index in [-0.39, 0.29) is 5.91 Å². The van der Waals surface area contributed by atoms with Crippen LogP contribution in [-0.2, 0) is 0 Å². The van der Waals surface area contributed by atoms with E-state index in [1.807, 2.05) is 47.8 Å². The minimum atomic E-state index is 0.134. The van der Waals surface area contributed by atoms with Crippen LogP contribution in [-0.4, -0.2) is 39.7 Å². The fourth-order valence-corrected chi connectivity index (χ4v) is 3.77. The molecular formula is C19H25N3OS. The van der Waals surface area contributed by atoms with Gasteiger partial charge >= 0.3 is 0 Å². The molecule has 1 aliphatic rings. The first kappa shape index (κ1) is 17.1. The predicted molar refractivity (Wildman–Crippen MR) is 98.7 cm³/mol. The van der Waals surface area contributed by atoms with Crippen LogP contribution in [0.4, 0.5) is 0 Å². The van der Waals surface area contributed by atoms with Crippen LogP contribution in [0.25, 0.3) is 0 Å². The average molecular weight is 343 g/mol. The number of benzene rings is 1. The van der Waals surface area contributed by atoms with E-state index < -0.39 is 0 Å². The number of likely N-dealkylation sites (tertiary alicyclic amines) is 1. The normalized spacial score (nSPS) is 18.2. The Bertz CT molecular complexity index is 693. The molecule has 1 atom stereocenters. The second-order valence-corrected chi connectivity index (χ2v) is 7.48. The molecule has 1 aliphatic heterocycles. The molecule has 0 radical (unpaired) electrons. The van der Waals surface area contributed by atoms with Gasteiger partial charge in [-0.05, 0) is 57.2 Å². The van der Waals surface area contributed by atoms with E-state index in [0.717, 1.165) is 37.3 Å². The van der Waals surface area contributed by atoms with Crippen LogP contribution in [0.5, 0.6) is 0 Å². The zero-order chi connectivity index (χ0) is 17.1. The summed E-state index contributed by atoms with van der Waals surface area (Å²) in [7, 11) is 0. The summed E-state index contributed by atoms with van der Waals surface area (Å²) in [6.45, 7) is 5.93. The molecule has 5 heteroatoms. The second-order valence-electron chi connectivity index (χ2n) is 6.61. The number of carbonyl (C=O) groups excluding carboxylic acids is 1. The van der Waals surface area contributed by atoms with Crippen molar-refractivity contribution in [2.45, 2.75) is 43.5 Å². The van der Waals surface area contributed by atoms with Gasteiger partial charge in [-0.3, -0.25) is 4.79 Å². The van der Waals surface area contributed by atoms with Gasteiger partial charge in [-0.25, -0.2) is 4.98 Å². The van der Waals surface area contributed by atoms with Gasteiger partial charge in [-0.15, -0.1) is 11.8 Å². The standard InChI is InChI=1S/C19H25N3OS/c1-14(2)22-12-10-20-18(22)16-5-4-11-21(13-16)19(23)15-6-8-17(24-3)9-7-15/h6-10,12,14,16H,4-5,11,13H2,1-3H3/t16-/m1/s1. The van der Waals surface area contributed by atoms with Gasteiger partial charge in [-0.2, -0.15) is 0 Å². The summed E-state index contributed by atoms with van der Waals surface area (Å²) < 4.78 is 2.23. The van der Waals surface area contributed by atoms with E-state index >= 15 is 0 Å². The molecule has 0 N–H and O–H groups in total. The number of carbonyl (C=O) groups is 1. The second kappa shape index (κ2) is 7.43. The number of thioether (sulfide) groups is 1. The number of imidazole rings is 1. The molecule has 3 rings (SSSR count). The largest absolute Gasteiger partial charge is 0.338 e. The van der Waals surface area contributed by atoms with Gasteiger partial charge < -0.3 is 9.47 Å². The molecule has 4 nitrogen and oxygen atoms in total. The first-order valence-electron chi connectivity index (χ1n) is 8.56. The van der Waals surface area contributed by atoms with Crippen molar-refractivity contribution in [2.24, 2.45) is 0 Å². The van der Waals surface area contributed by atoms with Gasteiger partial charge in [0.15, 0.2) is 0 Å². The summed E-state index contributed by atoms with van der Waals surface area (Å²) in [6.07, 6.45) is 8.09. The number of hydrogen-bond acceptors (Lipinski definition) is 3. The smallest absolute Gasteiger partial charge is 0.253 e. The Hall–Kier alpha value is -1.75. The summed E-state index contributed by atoms with van der Waals surface area (Å²) in [5.41, 5.74) is 0.778. The van der Waals surface area contributed by atoms with Crippen molar-refractivity contribution in [1.82, 2.24) is 14.5 Å². The number of nitrogens with zero attached hydrogens (tertiary/aromatic N) is 3. The number of piperidine rings is 1. The summed E-state index contributed by atoms with van der Waals surface area (Å²) in [5, 5.41) is 0. The van der Waals surface area contributed by atoms with Crippen molar-refractivity contribution in [2.75, 3.05) is 19.3 Å². The minimum absolute atomic E-state index is 0.134. The molecule has 1 fully saturated rings. The number of amides is 1. The van der Waals surface area contributed by atoms with Gasteiger partial charge in [0.2, 0.25) is 0 Å². The monoisotopic (exact) mass is 343 g/mol. The van der Waals surface area contributed by atoms with Gasteiger partial charge in [0.1, 0.15) is 5.82 Å².